The van der Waals surface area contributed by atoms with Crippen molar-refractivity contribution in [2.75, 3.05) is 13.1 Å². The van der Waals surface area contributed by atoms with Crippen molar-refractivity contribution in [2.45, 2.75) is 19.4 Å². The molecule has 1 amide bonds. The SMILES string of the molecule is O=C(c1cnn(-c2ccccc2)n1)N1CCC(Cn2cnccc2=O)CC1. The highest BCUT2D eigenvalue weighted by atomic mass is 16.2. The monoisotopic (exact) mass is 364 g/mol. The van der Waals surface area contributed by atoms with Gasteiger partial charge in [-0.25, -0.2) is 4.98 Å². The lowest BCUT2D eigenvalue weighted by Crippen LogP contribution is -2.40. The van der Waals surface area contributed by atoms with Gasteiger partial charge in [0.15, 0.2) is 5.69 Å². The molecular weight excluding hydrogens is 344 g/mol. The molecule has 3 heterocycles. The number of carbonyl (C=O) groups is 1. The standard InChI is InChI=1S/C19H20N6O2/c26-18-6-9-20-14-24(18)13-15-7-10-23(11-8-15)19(27)17-12-21-25(22-17)16-4-2-1-3-5-16/h1-6,9,12,14-15H,7-8,10-11,13H2. The van der Waals surface area contributed by atoms with E-state index >= 15 is 0 Å². The van der Waals surface area contributed by atoms with Crippen LogP contribution in [0.5, 0.6) is 0 Å². The Bertz CT molecular complexity index is 973. The Morgan fingerprint density at radius 2 is 1.89 bits per heavy atom. The fourth-order valence-corrected chi connectivity index (χ4v) is 3.32. The lowest BCUT2D eigenvalue weighted by atomic mass is 9.96. The summed E-state index contributed by atoms with van der Waals surface area (Å²) in [4.78, 5) is 31.8. The van der Waals surface area contributed by atoms with Crippen LogP contribution >= 0.6 is 0 Å². The molecule has 0 aliphatic carbocycles. The molecule has 0 saturated carbocycles. The van der Waals surface area contributed by atoms with Crippen molar-refractivity contribution in [2.24, 2.45) is 5.92 Å². The third-order valence-electron chi connectivity index (χ3n) is 4.85. The summed E-state index contributed by atoms with van der Waals surface area (Å²) in [7, 11) is 0. The summed E-state index contributed by atoms with van der Waals surface area (Å²) in [6.45, 7) is 1.94. The zero-order chi connectivity index (χ0) is 18.6. The van der Waals surface area contributed by atoms with Gasteiger partial charge in [0.1, 0.15) is 0 Å². The minimum absolute atomic E-state index is 0.0407. The van der Waals surface area contributed by atoms with E-state index in [4.69, 9.17) is 0 Å². The highest BCUT2D eigenvalue weighted by Gasteiger charge is 2.25. The van der Waals surface area contributed by atoms with E-state index in [0.29, 0.717) is 31.2 Å². The van der Waals surface area contributed by atoms with Gasteiger partial charge in [-0.3, -0.25) is 14.2 Å². The van der Waals surface area contributed by atoms with Crippen LogP contribution in [0.4, 0.5) is 0 Å². The molecule has 138 valence electrons. The number of carbonyl (C=O) groups excluding carboxylic acids is 1. The molecule has 0 bridgehead atoms. The van der Waals surface area contributed by atoms with Gasteiger partial charge >= 0.3 is 0 Å². The molecule has 8 heteroatoms. The Morgan fingerprint density at radius 1 is 1.11 bits per heavy atom. The maximum Gasteiger partial charge on any atom is 0.276 e. The molecule has 1 aliphatic rings. The average molecular weight is 364 g/mol. The fourth-order valence-electron chi connectivity index (χ4n) is 3.32. The van der Waals surface area contributed by atoms with E-state index in [2.05, 4.69) is 15.2 Å². The molecular formula is C19H20N6O2. The highest BCUT2D eigenvalue weighted by molar-refractivity contribution is 5.92. The largest absolute Gasteiger partial charge is 0.337 e. The topological polar surface area (TPSA) is 85.9 Å². The molecule has 0 atom stereocenters. The van der Waals surface area contributed by atoms with Crippen LogP contribution in [0, 0.1) is 5.92 Å². The lowest BCUT2D eigenvalue weighted by molar-refractivity contribution is 0.0676. The predicted molar refractivity (Wildman–Crippen MR) is 98.5 cm³/mol. The van der Waals surface area contributed by atoms with Crippen LogP contribution in [0.25, 0.3) is 5.69 Å². The molecule has 3 aromatic rings. The Kier molecular flexibility index (Phi) is 4.78. The van der Waals surface area contributed by atoms with E-state index in [1.54, 1.807) is 10.9 Å². The molecule has 0 spiro atoms. The molecule has 0 radical (unpaired) electrons. The van der Waals surface area contributed by atoms with E-state index in [0.717, 1.165) is 18.5 Å². The first-order valence-electron chi connectivity index (χ1n) is 8.98. The first-order valence-corrected chi connectivity index (χ1v) is 8.98. The number of likely N-dealkylation sites (tertiary alicyclic amines) is 1. The number of nitrogens with zero attached hydrogens (tertiary/aromatic N) is 6. The Morgan fingerprint density at radius 3 is 2.63 bits per heavy atom. The van der Waals surface area contributed by atoms with Gasteiger partial charge in [-0.05, 0) is 30.9 Å². The maximum absolute atomic E-state index is 12.7. The molecule has 1 aliphatic heterocycles. The van der Waals surface area contributed by atoms with Gasteiger partial charge in [0.05, 0.1) is 18.2 Å². The number of hydrogen-bond acceptors (Lipinski definition) is 5. The number of aromatic nitrogens is 5. The molecule has 8 nitrogen and oxygen atoms in total. The zero-order valence-corrected chi connectivity index (χ0v) is 14.8. The second kappa shape index (κ2) is 7.53. The lowest BCUT2D eigenvalue weighted by Gasteiger charge is -2.31. The second-order valence-corrected chi connectivity index (χ2v) is 6.66. The van der Waals surface area contributed by atoms with E-state index < -0.39 is 0 Å². The van der Waals surface area contributed by atoms with Crippen LogP contribution < -0.4 is 5.56 Å². The third kappa shape index (κ3) is 3.79. The van der Waals surface area contributed by atoms with Gasteiger partial charge in [-0.1, -0.05) is 18.2 Å². The molecule has 27 heavy (non-hydrogen) atoms. The number of rotatable bonds is 4. The summed E-state index contributed by atoms with van der Waals surface area (Å²) < 4.78 is 1.63. The van der Waals surface area contributed by atoms with Crippen molar-refractivity contribution >= 4 is 5.91 Å². The number of amides is 1. The quantitative estimate of drug-likeness (QED) is 0.698. The van der Waals surface area contributed by atoms with Crippen molar-refractivity contribution in [1.29, 1.82) is 0 Å². The van der Waals surface area contributed by atoms with E-state index in [9.17, 15) is 9.59 Å². The van der Waals surface area contributed by atoms with E-state index in [-0.39, 0.29) is 11.5 Å². The van der Waals surface area contributed by atoms with Gasteiger partial charge in [0, 0.05) is 31.9 Å². The van der Waals surface area contributed by atoms with Gasteiger partial charge in [-0.15, -0.1) is 5.10 Å². The van der Waals surface area contributed by atoms with Gasteiger partial charge in [0.25, 0.3) is 11.5 Å². The normalized spacial score (nSPS) is 15.0. The van der Waals surface area contributed by atoms with Crippen LogP contribution in [-0.2, 0) is 6.54 Å². The summed E-state index contributed by atoms with van der Waals surface area (Å²) in [6.07, 6.45) is 6.28. The summed E-state index contributed by atoms with van der Waals surface area (Å²) >= 11 is 0. The summed E-state index contributed by atoms with van der Waals surface area (Å²) in [5.74, 6) is 0.255. The highest BCUT2D eigenvalue weighted by Crippen LogP contribution is 2.20. The van der Waals surface area contributed by atoms with E-state index in [1.165, 1.54) is 23.3 Å². The molecule has 2 aromatic heterocycles. The summed E-state index contributed by atoms with van der Waals surface area (Å²) in [6, 6.07) is 11.0. The number of hydrogen-bond donors (Lipinski definition) is 0. The van der Waals surface area contributed by atoms with Crippen molar-refractivity contribution in [3.63, 3.8) is 0 Å². The molecule has 0 N–H and O–H groups in total. The maximum atomic E-state index is 12.7. The average Bonchev–Trinajstić information content (AvgIpc) is 3.21. The van der Waals surface area contributed by atoms with Crippen molar-refractivity contribution in [1.82, 2.24) is 29.4 Å². The van der Waals surface area contributed by atoms with Crippen LogP contribution in [0.2, 0.25) is 0 Å². The second-order valence-electron chi connectivity index (χ2n) is 6.66. The van der Waals surface area contributed by atoms with Crippen molar-refractivity contribution in [3.8, 4) is 5.69 Å². The minimum Gasteiger partial charge on any atom is -0.337 e. The molecule has 4 rings (SSSR count). The minimum atomic E-state index is -0.103. The van der Waals surface area contributed by atoms with Gasteiger partial charge < -0.3 is 4.90 Å². The summed E-state index contributed by atoms with van der Waals surface area (Å²) in [5, 5.41) is 8.51. The first-order chi connectivity index (χ1) is 13.2. The summed E-state index contributed by atoms with van der Waals surface area (Å²) in [5.41, 5.74) is 1.12. The van der Waals surface area contributed by atoms with Crippen LogP contribution in [0.1, 0.15) is 23.3 Å². The fraction of sp³-hybridized carbons (Fsp3) is 0.316. The zero-order valence-electron chi connectivity index (χ0n) is 14.8. The Labute approximate surface area is 156 Å². The third-order valence-corrected chi connectivity index (χ3v) is 4.85. The number of para-hydroxylation sites is 1. The van der Waals surface area contributed by atoms with E-state index in [1.807, 2.05) is 35.2 Å². The predicted octanol–water partition coefficient (Wildman–Crippen LogP) is 1.38. The Balaban J connectivity index is 1.37. The molecule has 0 unspecified atom stereocenters. The smallest absolute Gasteiger partial charge is 0.276 e. The number of benzene rings is 1. The first kappa shape index (κ1) is 17.1. The van der Waals surface area contributed by atoms with Crippen LogP contribution in [0.15, 0.2) is 59.9 Å². The van der Waals surface area contributed by atoms with Gasteiger partial charge in [0.2, 0.25) is 0 Å². The molecule has 1 fully saturated rings. The van der Waals surface area contributed by atoms with Crippen LogP contribution in [-0.4, -0.2) is 48.4 Å². The Hall–Kier alpha value is -3.29. The molecule has 1 saturated heterocycles. The van der Waals surface area contributed by atoms with Gasteiger partial charge in [-0.2, -0.15) is 9.90 Å². The van der Waals surface area contributed by atoms with Crippen LogP contribution in [0.3, 0.4) is 0 Å². The van der Waals surface area contributed by atoms with Crippen molar-refractivity contribution in [3.05, 3.63) is 71.2 Å². The molecule has 1 aromatic carbocycles. The number of piperidine rings is 1. The van der Waals surface area contributed by atoms with Crippen molar-refractivity contribution < 1.29 is 4.79 Å².